The van der Waals surface area contributed by atoms with Crippen molar-refractivity contribution in [2.45, 2.75) is 44.6 Å². The summed E-state index contributed by atoms with van der Waals surface area (Å²) >= 11 is 2.08. The van der Waals surface area contributed by atoms with E-state index in [0.717, 1.165) is 5.82 Å². The molecule has 0 aliphatic heterocycles. The molecule has 0 bridgehead atoms. The summed E-state index contributed by atoms with van der Waals surface area (Å²) in [4.78, 5) is 20.7. The minimum atomic E-state index is -0.0453. The van der Waals surface area contributed by atoms with Gasteiger partial charge >= 0.3 is 0 Å². The van der Waals surface area contributed by atoms with Crippen LogP contribution in [-0.2, 0) is 0 Å². The highest BCUT2D eigenvalue weighted by molar-refractivity contribution is 14.1. The first kappa shape index (κ1) is 12.9. The average molecular weight is 347 g/mol. The van der Waals surface area contributed by atoms with Gasteiger partial charge in [-0.2, -0.15) is 0 Å². The van der Waals surface area contributed by atoms with Crippen LogP contribution in [0.1, 0.15) is 38.5 Å². The lowest BCUT2D eigenvalue weighted by Crippen LogP contribution is -2.34. The Morgan fingerprint density at radius 1 is 1.35 bits per heavy atom. The number of H-pyrrole nitrogens is 1. The van der Waals surface area contributed by atoms with Crippen LogP contribution in [0.5, 0.6) is 0 Å². The lowest BCUT2D eigenvalue weighted by Gasteiger charge is -2.28. The highest BCUT2D eigenvalue weighted by atomic mass is 127. The van der Waals surface area contributed by atoms with Gasteiger partial charge in [0.2, 0.25) is 0 Å². The van der Waals surface area contributed by atoms with Crippen LogP contribution in [0, 0.1) is 3.57 Å². The molecule has 17 heavy (non-hydrogen) atoms. The van der Waals surface area contributed by atoms with Gasteiger partial charge in [-0.25, -0.2) is 4.98 Å². The van der Waals surface area contributed by atoms with Gasteiger partial charge in [-0.05, 0) is 35.4 Å². The standard InChI is InChI=1S/C12H18IN3O/c1-16(9-6-4-2-3-5-7-9)11-10(13)12(17)15-8-14-11/h8-9H,2-7H2,1H3,(H,14,15,17). The lowest BCUT2D eigenvalue weighted by atomic mass is 10.1. The molecule has 5 heteroatoms. The molecule has 0 radical (unpaired) electrons. The molecule has 1 saturated carbocycles. The fourth-order valence-corrected chi connectivity index (χ4v) is 3.11. The van der Waals surface area contributed by atoms with Crippen molar-refractivity contribution in [1.82, 2.24) is 9.97 Å². The average Bonchev–Trinajstić information content (AvgIpc) is 2.60. The van der Waals surface area contributed by atoms with E-state index >= 15 is 0 Å². The SMILES string of the molecule is CN(c1nc[nH]c(=O)c1I)C1CCCCCC1. The van der Waals surface area contributed by atoms with Gasteiger partial charge in [-0.15, -0.1) is 0 Å². The van der Waals surface area contributed by atoms with Crippen molar-refractivity contribution in [3.63, 3.8) is 0 Å². The molecule has 94 valence electrons. The number of aromatic nitrogens is 2. The maximum absolute atomic E-state index is 11.6. The predicted molar refractivity (Wildman–Crippen MR) is 77.5 cm³/mol. The number of aromatic amines is 1. The van der Waals surface area contributed by atoms with Crippen molar-refractivity contribution < 1.29 is 0 Å². The highest BCUT2D eigenvalue weighted by Crippen LogP contribution is 2.25. The Morgan fingerprint density at radius 2 is 2.00 bits per heavy atom. The minimum absolute atomic E-state index is 0.0453. The quantitative estimate of drug-likeness (QED) is 0.661. The number of halogens is 1. The number of anilines is 1. The first-order valence-electron chi connectivity index (χ1n) is 6.16. The van der Waals surface area contributed by atoms with Crippen LogP contribution in [0.4, 0.5) is 5.82 Å². The van der Waals surface area contributed by atoms with Crippen LogP contribution in [0.15, 0.2) is 11.1 Å². The second-order valence-electron chi connectivity index (χ2n) is 4.63. The van der Waals surface area contributed by atoms with E-state index in [-0.39, 0.29) is 5.56 Å². The first-order chi connectivity index (χ1) is 8.20. The summed E-state index contributed by atoms with van der Waals surface area (Å²) in [6, 6.07) is 0.528. The molecule has 1 aromatic rings. The lowest BCUT2D eigenvalue weighted by molar-refractivity contribution is 0.548. The molecule has 1 aliphatic rings. The molecule has 0 aromatic carbocycles. The van der Waals surface area contributed by atoms with Crippen LogP contribution < -0.4 is 10.5 Å². The zero-order chi connectivity index (χ0) is 12.3. The molecule has 1 aliphatic carbocycles. The molecular formula is C12H18IN3O. The van der Waals surface area contributed by atoms with Gasteiger partial charge in [0.1, 0.15) is 9.39 Å². The number of rotatable bonds is 2. The second-order valence-corrected chi connectivity index (χ2v) is 5.70. The molecule has 1 heterocycles. The third-order valence-corrected chi connectivity index (χ3v) is 4.46. The topological polar surface area (TPSA) is 49.0 Å². The highest BCUT2D eigenvalue weighted by Gasteiger charge is 2.20. The van der Waals surface area contributed by atoms with Gasteiger partial charge in [-0.1, -0.05) is 25.7 Å². The Hall–Kier alpha value is -0.590. The third kappa shape index (κ3) is 3.00. The molecule has 0 unspecified atom stereocenters. The number of hydrogen-bond acceptors (Lipinski definition) is 3. The van der Waals surface area contributed by atoms with Gasteiger partial charge in [0.15, 0.2) is 0 Å². The number of hydrogen-bond donors (Lipinski definition) is 1. The Balaban J connectivity index is 2.20. The molecule has 1 aromatic heterocycles. The summed E-state index contributed by atoms with van der Waals surface area (Å²) in [6.45, 7) is 0. The summed E-state index contributed by atoms with van der Waals surface area (Å²) in [5.74, 6) is 0.821. The molecule has 1 N–H and O–H groups in total. The molecule has 0 spiro atoms. The molecule has 4 nitrogen and oxygen atoms in total. The van der Waals surface area contributed by atoms with Gasteiger partial charge in [-0.3, -0.25) is 4.79 Å². The monoisotopic (exact) mass is 347 g/mol. The van der Waals surface area contributed by atoms with Crippen molar-refractivity contribution in [2.75, 3.05) is 11.9 Å². The maximum atomic E-state index is 11.6. The van der Waals surface area contributed by atoms with E-state index < -0.39 is 0 Å². The van der Waals surface area contributed by atoms with E-state index in [9.17, 15) is 4.79 Å². The second kappa shape index (κ2) is 5.84. The summed E-state index contributed by atoms with van der Waals surface area (Å²) in [6.07, 6.45) is 9.16. The maximum Gasteiger partial charge on any atom is 0.266 e. The Morgan fingerprint density at radius 3 is 2.65 bits per heavy atom. The van der Waals surface area contributed by atoms with Crippen molar-refractivity contribution in [2.24, 2.45) is 0 Å². The van der Waals surface area contributed by atoms with Crippen LogP contribution in [0.3, 0.4) is 0 Å². The van der Waals surface area contributed by atoms with Gasteiger partial charge in [0, 0.05) is 13.1 Å². The zero-order valence-electron chi connectivity index (χ0n) is 10.1. The minimum Gasteiger partial charge on any atom is -0.356 e. The van der Waals surface area contributed by atoms with Crippen molar-refractivity contribution in [1.29, 1.82) is 0 Å². The summed E-state index contributed by atoms with van der Waals surface area (Å²) in [7, 11) is 2.06. The van der Waals surface area contributed by atoms with Gasteiger partial charge in [0.05, 0.1) is 6.33 Å². The number of nitrogens with zero attached hydrogens (tertiary/aromatic N) is 2. The third-order valence-electron chi connectivity index (χ3n) is 3.48. The normalized spacial score (nSPS) is 17.8. The van der Waals surface area contributed by atoms with E-state index in [0.29, 0.717) is 9.61 Å². The largest absolute Gasteiger partial charge is 0.356 e. The Labute approximate surface area is 115 Å². The van der Waals surface area contributed by atoms with Crippen LogP contribution in [0.2, 0.25) is 0 Å². The van der Waals surface area contributed by atoms with Gasteiger partial charge in [0.25, 0.3) is 5.56 Å². The van der Waals surface area contributed by atoms with E-state index in [1.54, 1.807) is 0 Å². The smallest absolute Gasteiger partial charge is 0.266 e. The zero-order valence-corrected chi connectivity index (χ0v) is 12.2. The molecule has 1 fully saturated rings. The molecule has 0 saturated heterocycles. The summed E-state index contributed by atoms with van der Waals surface area (Å²) in [5.41, 5.74) is -0.0453. The van der Waals surface area contributed by atoms with E-state index in [2.05, 4.69) is 44.5 Å². The van der Waals surface area contributed by atoms with E-state index in [1.807, 2.05) is 0 Å². The first-order valence-corrected chi connectivity index (χ1v) is 7.24. The fourth-order valence-electron chi connectivity index (χ4n) is 2.44. The van der Waals surface area contributed by atoms with Crippen molar-refractivity contribution in [3.05, 3.63) is 20.3 Å². The summed E-state index contributed by atoms with van der Waals surface area (Å²) in [5, 5.41) is 0. The molecule has 2 rings (SSSR count). The van der Waals surface area contributed by atoms with E-state index in [1.165, 1.54) is 44.9 Å². The van der Waals surface area contributed by atoms with Crippen molar-refractivity contribution in [3.8, 4) is 0 Å². The Bertz CT molecular complexity index is 424. The predicted octanol–water partition coefficient (Wildman–Crippen LogP) is 2.53. The van der Waals surface area contributed by atoms with Crippen molar-refractivity contribution >= 4 is 28.4 Å². The fraction of sp³-hybridized carbons (Fsp3) is 0.667. The van der Waals surface area contributed by atoms with Crippen LogP contribution >= 0.6 is 22.6 Å². The van der Waals surface area contributed by atoms with Crippen LogP contribution in [-0.4, -0.2) is 23.1 Å². The number of nitrogens with one attached hydrogen (secondary N) is 1. The molecule has 0 atom stereocenters. The van der Waals surface area contributed by atoms with Gasteiger partial charge < -0.3 is 9.88 Å². The summed E-state index contributed by atoms with van der Waals surface area (Å²) < 4.78 is 0.692. The molecule has 0 amide bonds. The molecular weight excluding hydrogens is 329 g/mol. The van der Waals surface area contributed by atoms with E-state index in [4.69, 9.17) is 0 Å². The Kier molecular flexibility index (Phi) is 4.42. The van der Waals surface area contributed by atoms with Crippen LogP contribution in [0.25, 0.3) is 0 Å².